The number of carbonyl (C=O) groups excluding carboxylic acids is 1. The van der Waals surface area contributed by atoms with Crippen molar-refractivity contribution in [2.75, 3.05) is 13.2 Å². The smallest absolute Gasteiger partial charge is 0.252 e. The number of halogens is 1. The zero-order valence-corrected chi connectivity index (χ0v) is 27.2. The zero-order chi connectivity index (χ0) is 33.2. The van der Waals surface area contributed by atoms with E-state index in [1.54, 1.807) is 0 Å². The number of amides is 1. The van der Waals surface area contributed by atoms with Crippen molar-refractivity contribution < 1.29 is 19.4 Å². The van der Waals surface area contributed by atoms with Crippen molar-refractivity contribution in [2.45, 2.75) is 31.0 Å². The maximum atomic E-state index is 14.5. The Labute approximate surface area is 286 Å². The van der Waals surface area contributed by atoms with Crippen molar-refractivity contribution >= 4 is 29.5 Å². The predicted molar refractivity (Wildman–Crippen MR) is 192 cm³/mol. The van der Waals surface area contributed by atoms with Crippen LogP contribution in [0.2, 0.25) is 5.02 Å². The van der Waals surface area contributed by atoms with E-state index in [9.17, 15) is 4.79 Å². The molecule has 0 unspecified atom stereocenters. The van der Waals surface area contributed by atoms with E-state index in [-0.39, 0.29) is 25.5 Å². The third kappa shape index (κ3) is 7.68. The fourth-order valence-corrected chi connectivity index (χ4v) is 5.91. The first kappa shape index (κ1) is 32.8. The molecule has 0 radical (unpaired) electrons. The summed E-state index contributed by atoms with van der Waals surface area (Å²) in [5, 5.41) is 12.8. The summed E-state index contributed by atoms with van der Waals surface area (Å²) in [4.78, 5) is 19.7. The molecule has 0 saturated carbocycles. The summed E-state index contributed by atoms with van der Waals surface area (Å²) < 4.78 is 12.4. The molecule has 2 atom stereocenters. The summed E-state index contributed by atoms with van der Waals surface area (Å²) in [7, 11) is 0. The Morgan fingerprint density at radius 2 is 1.48 bits per heavy atom. The van der Waals surface area contributed by atoms with E-state index in [4.69, 9.17) is 31.2 Å². The van der Waals surface area contributed by atoms with Crippen LogP contribution in [0.3, 0.4) is 0 Å². The maximum Gasteiger partial charge on any atom is 0.252 e. The molecule has 0 saturated heterocycles. The summed E-state index contributed by atoms with van der Waals surface area (Å²) in [5.41, 5.74) is 4.23. The normalized spacial score (nSPS) is 17.1. The molecule has 1 heterocycles. The van der Waals surface area contributed by atoms with Gasteiger partial charge >= 0.3 is 0 Å². The van der Waals surface area contributed by atoms with Crippen LogP contribution in [-0.2, 0) is 16.1 Å². The van der Waals surface area contributed by atoms with E-state index in [0.29, 0.717) is 29.7 Å². The van der Waals surface area contributed by atoms with E-state index >= 15 is 0 Å². The van der Waals surface area contributed by atoms with E-state index in [1.807, 2.05) is 121 Å². The van der Waals surface area contributed by atoms with Crippen LogP contribution in [0.4, 0.5) is 0 Å². The van der Waals surface area contributed by atoms with Gasteiger partial charge in [-0.05, 0) is 58.1 Å². The van der Waals surface area contributed by atoms with Crippen molar-refractivity contribution in [1.29, 1.82) is 0 Å². The molecule has 48 heavy (non-hydrogen) atoms. The van der Waals surface area contributed by atoms with Crippen LogP contribution in [0, 0.1) is 0 Å². The number of benzene rings is 5. The van der Waals surface area contributed by atoms with E-state index in [0.717, 1.165) is 33.4 Å². The van der Waals surface area contributed by atoms with Gasteiger partial charge in [0.15, 0.2) is 11.6 Å². The number of nitrogens with zero attached hydrogens (tertiary/aromatic N) is 1. The van der Waals surface area contributed by atoms with Crippen LogP contribution in [-0.4, -0.2) is 35.7 Å². The lowest BCUT2D eigenvalue weighted by Crippen LogP contribution is -2.47. The molecular formula is C41H37ClN2O4. The van der Waals surface area contributed by atoms with Gasteiger partial charge in [0, 0.05) is 36.6 Å². The molecule has 5 aromatic carbocycles. The van der Waals surface area contributed by atoms with Gasteiger partial charge < -0.3 is 19.9 Å². The standard InChI is InChI=1S/C41H37ClN2O4/c42-37-17-8-7-16-35(37)29-43-40(46)41(26-9-13-30-11-3-1-4-12-30)38(33-20-18-32(19-21-33)31-14-5-2-6-15-31)48-39(44-41)34-22-24-36(25-23-34)47-28-10-27-45/h1-9,11-25,38,45H,10,26-29H2,(H,43,46)/b13-9+/t38-,41-/m1/s1. The fraction of sp³-hybridized carbons (Fsp3) is 0.171. The quantitative estimate of drug-likeness (QED) is 0.125. The zero-order valence-electron chi connectivity index (χ0n) is 26.5. The first-order valence-corrected chi connectivity index (χ1v) is 16.4. The van der Waals surface area contributed by atoms with Crippen molar-refractivity contribution in [3.8, 4) is 16.9 Å². The Balaban J connectivity index is 1.39. The molecule has 1 aliphatic heterocycles. The van der Waals surface area contributed by atoms with Gasteiger partial charge in [0.05, 0.1) is 6.61 Å². The fourth-order valence-electron chi connectivity index (χ4n) is 5.71. The molecule has 7 heteroatoms. The molecule has 6 nitrogen and oxygen atoms in total. The number of aliphatic hydroxyl groups is 1. The van der Waals surface area contributed by atoms with Gasteiger partial charge in [0.25, 0.3) is 5.91 Å². The predicted octanol–water partition coefficient (Wildman–Crippen LogP) is 8.45. The number of ether oxygens (including phenoxy) is 2. The van der Waals surface area contributed by atoms with E-state index in [2.05, 4.69) is 29.6 Å². The average molecular weight is 657 g/mol. The molecule has 6 rings (SSSR count). The Morgan fingerprint density at radius 1 is 0.833 bits per heavy atom. The van der Waals surface area contributed by atoms with Crippen LogP contribution in [0.5, 0.6) is 5.75 Å². The topological polar surface area (TPSA) is 80.2 Å². The highest BCUT2D eigenvalue weighted by Gasteiger charge is 2.52. The van der Waals surface area contributed by atoms with Crippen molar-refractivity contribution in [3.05, 3.63) is 167 Å². The van der Waals surface area contributed by atoms with Gasteiger partial charge in [-0.25, -0.2) is 4.99 Å². The number of hydrogen-bond acceptors (Lipinski definition) is 5. The lowest BCUT2D eigenvalue weighted by molar-refractivity contribution is -0.129. The van der Waals surface area contributed by atoms with E-state index in [1.165, 1.54) is 0 Å². The molecule has 5 aromatic rings. The monoisotopic (exact) mass is 656 g/mol. The second kappa shape index (κ2) is 15.6. The van der Waals surface area contributed by atoms with Crippen LogP contribution in [0.1, 0.15) is 41.2 Å². The Bertz CT molecular complexity index is 1860. The Morgan fingerprint density at radius 3 is 2.19 bits per heavy atom. The molecule has 2 N–H and O–H groups in total. The summed E-state index contributed by atoms with van der Waals surface area (Å²) in [6.45, 7) is 0.722. The van der Waals surface area contributed by atoms with Crippen LogP contribution < -0.4 is 10.1 Å². The number of rotatable bonds is 13. The van der Waals surface area contributed by atoms with Crippen LogP contribution in [0.15, 0.2) is 145 Å². The van der Waals surface area contributed by atoms with Gasteiger partial charge in [-0.2, -0.15) is 0 Å². The molecule has 0 aromatic heterocycles. The summed E-state index contributed by atoms with van der Waals surface area (Å²) in [6, 6.07) is 43.2. The summed E-state index contributed by atoms with van der Waals surface area (Å²) in [5.74, 6) is 0.777. The number of aliphatic imine (C=N–C) groups is 1. The van der Waals surface area contributed by atoms with Crippen molar-refractivity contribution in [3.63, 3.8) is 0 Å². The molecule has 0 bridgehead atoms. The Hall–Kier alpha value is -5.17. The molecule has 1 amide bonds. The van der Waals surface area contributed by atoms with Crippen molar-refractivity contribution in [1.82, 2.24) is 5.32 Å². The minimum Gasteiger partial charge on any atom is -0.494 e. The number of hydrogen-bond donors (Lipinski definition) is 2. The molecular weight excluding hydrogens is 620 g/mol. The average Bonchev–Trinajstić information content (AvgIpc) is 3.53. The largest absolute Gasteiger partial charge is 0.494 e. The first-order chi connectivity index (χ1) is 23.6. The summed E-state index contributed by atoms with van der Waals surface area (Å²) in [6.07, 6.45) is 4.11. The minimum atomic E-state index is -1.33. The highest BCUT2D eigenvalue weighted by Crippen LogP contribution is 2.43. The third-order valence-corrected chi connectivity index (χ3v) is 8.66. The highest BCUT2D eigenvalue weighted by molar-refractivity contribution is 6.31. The number of carbonyl (C=O) groups is 1. The number of aliphatic hydroxyl groups excluding tert-OH is 1. The molecule has 0 fully saturated rings. The third-order valence-electron chi connectivity index (χ3n) is 8.29. The second-order valence-electron chi connectivity index (χ2n) is 11.6. The number of nitrogens with one attached hydrogen (secondary N) is 1. The SMILES string of the molecule is O=C(NCc1ccccc1Cl)[C@]1(C/C=C/c2ccccc2)N=C(c2ccc(OCCCO)cc2)O[C@@H]1c1ccc(-c2ccccc2)cc1. The summed E-state index contributed by atoms with van der Waals surface area (Å²) >= 11 is 6.46. The molecule has 242 valence electrons. The maximum absolute atomic E-state index is 14.5. The van der Waals surface area contributed by atoms with Crippen LogP contribution >= 0.6 is 11.6 Å². The lowest BCUT2D eigenvalue weighted by atomic mass is 9.83. The highest BCUT2D eigenvalue weighted by atomic mass is 35.5. The molecule has 0 spiro atoms. The van der Waals surface area contributed by atoms with Crippen molar-refractivity contribution in [2.24, 2.45) is 4.99 Å². The van der Waals surface area contributed by atoms with Gasteiger partial charge in [-0.1, -0.05) is 127 Å². The minimum absolute atomic E-state index is 0.0653. The van der Waals surface area contributed by atoms with Gasteiger partial charge in [0.1, 0.15) is 5.75 Å². The van der Waals surface area contributed by atoms with Gasteiger partial charge in [-0.3, -0.25) is 4.79 Å². The van der Waals surface area contributed by atoms with Gasteiger partial charge in [-0.15, -0.1) is 0 Å². The first-order valence-electron chi connectivity index (χ1n) is 16.0. The molecule has 1 aliphatic rings. The lowest BCUT2D eigenvalue weighted by Gasteiger charge is -2.30. The Kier molecular flexibility index (Phi) is 10.7. The van der Waals surface area contributed by atoms with E-state index < -0.39 is 11.6 Å². The second-order valence-corrected chi connectivity index (χ2v) is 12.0. The van der Waals surface area contributed by atoms with Crippen LogP contribution in [0.25, 0.3) is 17.2 Å². The molecule has 0 aliphatic carbocycles. The van der Waals surface area contributed by atoms with Gasteiger partial charge in [0.2, 0.25) is 5.90 Å².